The van der Waals surface area contributed by atoms with E-state index in [0.717, 1.165) is 11.4 Å². The molecule has 1 amide bonds. The van der Waals surface area contributed by atoms with Gasteiger partial charge in [-0.2, -0.15) is 4.31 Å². The Bertz CT molecular complexity index is 1060. The average Bonchev–Trinajstić information content (AvgIpc) is 2.84. The molecule has 2 aromatic carbocycles. The smallest absolute Gasteiger partial charge is 0.255 e. The van der Waals surface area contributed by atoms with Crippen molar-refractivity contribution in [1.82, 2.24) is 9.21 Å². The molecule has 0 aromatic heterocycles. The zero-order chi connectivity index (χ0) is 22.7. The topological polar surface area (TPSA) is 79.4 Å². The number of sulfonamides is 1. The van der Waals surface area contributed by atoms with Crippen molar-refractivity contribution in [3.05, 3.63) is 53.1 Å². The molecule has 2 fully saturated rings. The third-order valence-electron chi connectivity index (χ3n) is 5.78. The Balaban J connectivity index is 1.47. The number of methoxy groups -OCH3 is 1. The van der Waals surface area contributed by atoms with Crippen LogP contribution in [0.4, 0.5) is 5.69 Å². The summed E-state index contributed by atoms with van der Waals surface area (Å²) in [5, 5.41) is 0.244. The number of morpholine rings is 1. The van der Waals surface area contributed by atoms with Gasteiger partial charge in [0.2, 0.25) is 10.0 Å². The number of hydrogen-bond acceptors (Lipinski definition) is 6. The van der Waals surface area contributed by atoms with Crippen LogP contribution in [0.3, 0.4) is 0 Å². The summed E-state index contributed by atoms with van der Waals surface area (Å²) >= 11 is 6.30. The van der Waals surface area contributed by atoms with Crippen molar-refractivity contribution >= 4 is 33.2 Å². The molecule has 2 aromatic rings. The molecule has 0 unspecified atom stereocenters. The van der Waals surface area contributed by atoms with Gasteiger partial charge in [-0.25, -0.2) is 8.42 Å². The van der Waals surface area contributed by atoms with Crippen LogP contribution in [0, 0.1) is 0 Å². The zero-order valence-electron chi connectivity index (χ0n) is 17.9. The first-order chi connectivity index (χ1) is 15.4. The highest BCUT2D eigenvalue weighted by Gasteiger charge is 2.29. The molecule has 0 radical (unpaired) electrons. The second kappa shape index (κ2) is 9.66. The first kappa shape index (κ1) is 22.8. The van der Waals surface area contributed by atoms with Gasteiger partial charge in [-0.3, -0.25) is 4.79 Å². The van der Waals surface area contributed by atoms with Crippen LogP contribution in [-0.2, 0) is 14.8 Å². The summed E-state index contributed by atoms with van der Waals surface area (Å²) in [6.07, 6.45) is 0. The molecule has 0 N–H and O–H groups in total. The van der Waals surface area contributed by atoms with Gasteiger partial charge in [-0.05, 0) is 42.5 Å². The van der Waals surface area contributed by atoms with E-state index in [1.165, 1.54) is 22.5 Å². The Hall–Kier alpha value is -2.33. The number of amides is 1. The Labute approximate surface area is 193 Å². The van der Waals surface area contributed by atoms with Crippen LogP contribution < -0.4 is 9.64 Å². The van der Waals surface area contributed by atoms with Gasteiger partial charge in [0.15, 0.2) is 0 Å². The summed E-state index contributed by atoms with van der Waals surface area (Å²) in [6.45, 7) is 3.67. The summed E-state index contributed by atoms with van der Waals surface area (Å²) in [6, 6.07) is 12.1. The van der Waals surface area contributed by atoms with Crippen molar-refractivity contribution < 1.29 is 22.7 Å². The number of anilines is 1. The van der Waals surface area contributed by atoms with Crippen LogP contribution in [0.25, 0.3) is 0 Å². The second-order valence-electron chi connectivity index (χ2n) is 7.64. The van der Waals surface area contributed by atoms with E-state index in [1.54, 1.807) is 12.0 Å². The normalized spacial score (nSPS) is 17.9. The molecule has 0 aliphatic carbocycles. The molecule has 10 heteroatoms. The minimum atomic E-state index is -3.71. The number of carbonyl (C=O) groups excluding carboxylic acids is 1. The van der Waals surface area contributed by atoms with Crippen molar-refractivity contribution in [2.75, 3.05) is 64.5 Å². The summed E-state index contributed by atoms with van der Waals surface area (Å²) < 4.78 is 37.8. The lowest BCUT2D eigenvalue weighted by molar-refractivity contribution is 0.0729. The number of carbonyl (C=O) groups is 1. The molecular weight excluding hydrogens is 454 g/mol. The highest BCUT2D eigenvalue weighted by atomic mass is 35.5. The maximum atomic E-state index is 13.2. The molecule has 0 saturated carbocycles. The van der Waals surface area contributed by atoms with E-state index in [2.05, 4.69) is 4.90 Å². The third kappa shape index (κ3) is 4.71. The van der Waals surface area contributed by atoms with E-state index < -0.39 is 10.0 Å². The molecule has 4 rings (SSSR count). The van der Waals surface area contributed by atoms with Crippen molar-refractivity contribution in [1.29, 1.82) is 0 Å². The predicted molar refractivity (Wildman–Crippen MR) is 122 cm³/mol. The van der Waals surface area contributed by atoms with Crippen molar-refractivity contribution in [3.63, 3.8) is 0 Å². The first-order valence-corrected chi connectivity index (χ1v) is 12.3. The van der Waals surface area contributed by atoms with E-state index in [9.17, 15) is 13.2 Å². The number of nitrogens with zero attached hydrogens (tertiary/aromatic N) is 3. The SMILES string of the molecule is COc1ccc(N2CCN(C(=O)c3cc(S(=O)(=O)N4CCOCC4)ccc3Cl)CC2)cc1. The summed E-state index contributed by atoms with van der Waals surface area (Å²) in [7, 11) is -2.08. The first-order valence-electron chi connectivity index (χ1n) is 10.5. The largest absolute Gasteiger partial charge is 0.497 e. The summed E-state index contributed by atoms with van der Waals surface area (Å²) in [4.78, 5) is 17.2. The van der Waals surface area contributed by atoms with Gasteiger partial charge in [0.1, 0.15) is 5.75 Å². The Morgan fingerprint density at radius 2 is 1.62 bits per heavy atom. The molecule has 2 aliphatic heterocycles. The number of hydrogen-bond donors (Lipinski definition) is 0. The lowest BCUT2D eigenvalue weighted by Gasteiger charge is -2.36. The van der Waals surface area contributed by atoms with Gasteiger partial charge >= 0.3 is 0 Å². The van der Waals surface area contributed by atoms with E-state index in [-0.39, 0.29) is 21.4 Å². The Morgan fingerprint density at radius 3 is 2.25 bits per heavy atom. The molecule has 2 aliphatic rings. The van der Waals surface area contributed by atoms with E-state index in [1.807, 2.05) is 24.3 Å². The van der Waals surface area contributed by atoms with Crippen LogP contribution in [0.2, 0.25) is 5.02 Å². The van der Waals surface area contributed by atoms with Crippen molar-refractivity contribution in [3.8, 4) is 5.75 Å². The summed E-state index contributed by atoms with van der Waals surface area (Å²) in [5.74, 6) is 0.535. The fraction of sp³-hybridized carbons (Fsp3) is 0.409. The van der Waals surface area contributed by atoms with Crippen molar-refractivity contribution in [2.24, 2.45) is 0 Å². The Morgan fingerprint density at radius 1 is 0.969 bits per heavy atom. The maximum Gasteiger partial charge on any atom is 0.255 e. The number of halogens is 1. The lowest BCUT2D eigenvalue weighted by Crippen LogP contribution is -2.48. The fourth-order valence-corrected chi connectivity index (χ4v) is 5.53. The molecule has 172 valence electrons. The summed E-state index contributed by atoms with van der Waals surface area (Å²) in [5.41, 5.74) is 1.27. The van der Waals surface area contributed by atoms with E-state index >= 15 is 0 Å². The molecular formula is C22H26ClN3O5S. The highest BCUT2D eigenvalue weighted by Crippen LogP contribution is 2.26. The third-order valence-corrected chi connectivity index (χ3v) is 8.00. The molecule has 2 heterocycles. The number of rotatable bonds is 5. The van der Waals surface area contributed by atoms with Gasteiger partial charge in [0, 0.05) is 45.0 Å². The second-order valence-corrected chi connectivity index (χ2v) is 9.98. The maximum absolute atomic E-state index is 13.2. The van der Waals surface area contributed by atoms with E-state index in [0.29, 0.717) is 52.5 Å². The molecule has 8 nitrogen and oxygen atoms in total. The standard InChI is InChI=1S/C22H26ClN3O5S/c1-30-18-4-2-17(3-5-18)24-8-10-25(11-9-24)22(27)20-16-19(6-7-21(20)23)32(28,29)26-12-14-31-15-13-26/h2-7,16H,8-15H2,1H3. The average molecular weight is 480 g/mol. The fourth-order valence-electron chi connectivity index (χ4n) is 3.90. The lowest BCUT2D eigenvalue weighted by atomic mass is 10.1. The van der Waals surface area contributed by atoms with Crippen LogP contribution in [-0.4, -0.2) is 83.1 Å². The molecule has 0 spiro atoms. The van der Waals surface area contributed by atoms with Crippen molar-refractivity contribution in [2.45, 2.75) is 4.90 Å². The van der Waals surface area contributed by atoms with Gasteiger partial charge in [-0.15, -0.1) is 0 Å². The van der Waals surface area contributed by atoms with Gasteiger partial charge in [-0.1, -0.05) is 11.6 Å². The van der Waals surface area contributed by atoms with E-state index in [4.69, 9.17) is 21.1 Å². The van der Waals surface area contributed by atoms with Gasteiger partial charge in [0.05, 0.1) is 35.8 Å². The monoisotopic (exact) mass is 479 g/mol. The van der Waals surface area contributed by atoms with Crippen LogP contribution in [0.15, 0.2) is 47.4 Å². The zero-order valence-corrected chi connectivity index (χ0v) is 19.4. The predicted octanol–water partition coefficient (Wildman–Crippen LogP) is 2.33. The quantitative estimate of drug-likeness (QED) is 0.655. The minimum absolute atomic E-state index is 0.0732. The van der Waals surface area contributed by atoms with Gasteiger partial charge < -0.3 is 19.3 Å². The number of benzene rings is 2. The van der Waals surface area contributed by atoms with Gasteiger partial charge in [0.25, 0.3) is 5.91 Å². The van der Waals surface area contributed by atoms with Crippen LogP contribution in [0.1, 0.15) is 10.4 Å². The number of ether oxygens (including phenoxy) is 2. The van der Waals surface area contributed by atoms with Crippen LogP contribution in [0.5, 0.6) is 5.75 Å². The molecule has 2 saturated heterocycles. The molecule has 32 heavy (non-hydrogen) atoms. The number of piperazine rings is 1. The Kier molecular flexibility index (Phi) is 6.90. The molecule has 0 atom stereocenters. The minimum Gasteiger partial charge on any atom is -0.497 e. The highest BCUT2D eigenvalue weighted by molar-refractivity contribution is 7.89. The molecule has 0 bridgehead atoms. The van der Waals surface area contributed by atoms with Crippen LogP contribution >= 0.6 is 11.6 Å².